The number of benzene rings is 1. The van der Waals surface area contributed by atoms with Crippen LogP contribution in [0.2, 0.25) is 0 Å². The first-order valence-corrected chi connectivity index (χ1v) is 7.69. The van der Waals surface area contributed by atoms with Gasteiger partial charge in [-0.2, -0.15) is 0 Å². The molecule has 0 saturated carbocycles. The molecule has 0 bridgehead atoms. The number of nitrogens with one attached hydrogen (secondary N) is 2. The molecule has 0 aliphatic carbocycles. The summed E-state index contributed by atoms with van der Waals surface area (Å²) in [5.41, 5.74) is 3.37. The maximum Gasteiger partial charge on any atom is 0.258 e. The highest BCUT2D eigenvalue weighted by molar-refractivity contribution is 5.85. The Morgan fingerprint density at radius 1 is 1.32 bits per heavy atom. The van der Waals surface area contributed by atoms with Crippen LogP contribution in [0.5, 0.6) is 5.75 Å². The summed E-state index contributed by atoms with van der Waals surface area (Å²) in [6.07, 6.45) is 1.97. The Hall–Kier alpha value is -1.26. The Balaban J connectivity index is 0.00000242. The fraction of sp³-hybridized carbons (Fsp3) is 0.588. The molecule has 2 N–H and O–H groups in total. The summed E-state index contributed by atoms with van der Waals surface area (Å²) in [6, 6.07) is 4.88. The lowest BCUT2D eigenvalue weighted by Crippen LogP contribution is -2.47. The van der Waals surface area contributed by atoms with Crippen molar-refractivity contribution in [2.75, 3.05) is 13.2 Å². The second kappa shape index (κ2) is 8.39. The first kappa shape index (κ1) is 18.8. The Morgan fingerprint density at radius 3 is 2.55 bits per heavy atom. The van der Waals surface area contributed by atoms with Crippen molar-refractivity contribution in [3.8, 4) is 5.75 Å². The van der Waals surface area contributed by atoms with Crippen molar-refractivity contribution in [3.63, 3.8) is 0 Å². The molecule has 4 nitrogen and oxygen atoms in total. The topological polar surface area (TPSA) is 50.4 Å². The second-order valence-electron chi connectivity index (χ2n) is 6.16. The molecule has 1 fully saturated rings. The summed E-state index contributed by atoms with van der Waals surface area (Å²) in [5.74, 6) is 0.794. The van der Waals surface area contributed by atoms with E-state index >= 15 is 0 Å². The molecule has 0 radical (unpaired) electrons. The van der Waals surface area contributed by atoms with Crippen LogP contribution in [0.3, 0.4) is 0 Å². The van der Waals surface area contributed by atoms with E-state index in [0.29, 0.717) is 6.04 Å². The van der Waals surface area contributed by atoms with Crippen LogP contribution in [-0.4, -0.2) is 31.1 Å². The van der Waals surface area contributed by atoms with Gasteiger partial charge in [0.1, 0.15) is 5.75 Å². The molecule has 2 rings (SSSR count). The van der Waals surface area contributed by atoms with Crippen LogP contribution in [0.1, 0.15) is 36.5 Å². The molecule has 5 heteroatoms. The molecule has 0 spiro atoms. The Morgan fingerprint density at radius 2 is 1.95 bits per heavy atom. The van der Waals surface area contributed by atoms with Gasteiger partial charge in [0, 0.05) is 12.1 Å². The fourth-order valence-electron chi connectivity index (χ4n) is 3.06. The fourth-order valence-corrected chi connectivity index (χ4v) is 3.06. The molecule has 124 valence electrons. The van der Waals surface area contributed by atoms with Gasteiger partial charge in [0.2, 0.25) is 0 Å². The molecule has 22 heavy (non-hydrogen) atoms. The minimum absolute atomic E-state index is 0. The SMILES string of the molecule is Cc1cc(C)c(OCC(=O)NC2CCNC(C)C2)c(C)c1.Cl. The molecule has 1 aliphatic rings. The number of hydrogen-bond donors (Lipinski definition) is 2. The number of piperidine rings is 1. The van der Waals surface area contributed by atoms with Crippen molar-refractivity contribution < 1.29 is 9.53 Å². The zero-order valence-electron chi connectivity index (χ0n) is 13.9. The molecular formula is C17H27ClN2O2. The van der Waals surface area contributed by atoms with Gasteiger partial charge in [-0.25, -0.2) is 0 Å². The third kappa shape index (κ3) is 5.18. The van der Waals surface area contributed by atoms with E-state index in [1.54, 1.807) is 0 Å². The lowest BCUT2D eigenvalue weighted by molar-refractivity contribution is -0.124. The van der Waals surface area contributed by atoms with Gasteiger partial charge in [-0.05, 0) is 58.2 Å². The Labute approximate surface area is 139 Å². The normalized spacial score (nSPS) is 20.9. The second-order valence-corrected chi connectivity index (χ2v) is 6.16. The van der Waals surface area contributed by atoms with Crippen molar-refractivity contribution in [1.82, 2.24) is 10.6 Å². The van der Waals surface area contributed by atoms with Crippen molar-refractivity contribution in [3.05, 3.63) is 28.8 Å². The average Bonchev–Trinajstić information content (AvgIpc) is 2.37. The molecular weight excluding hydrogens is 300 g/mol. The number of rotatable bonds is 4. The number of hydrogen-bond acceptors (Lipinski definition) is 3. The zero-order valence-corrected chi connectivity index (χ0v) is 14.7. The van der Waals surface area contributed by atoms with E-state index in [9.17, 15) is 4.79 Å². The molecule has 1 amide bonds. The van der Waals surface area contributed by atoms with E-state index in [1.165, 1.54) is 5.56 Å². The van der Waals surface area contributed by atoms with Crippen LogP contribution in [-0.2, 0) is 4.79 Å². The number of amides is 1. The third-order valence-electron chi connectivity index (χ3n) is 3.94. The van der Waals surface area contributed by atoms with Gasteiger partial charge >= 0.3 is 0 Å². The van der Waals surface area contributed by atoms with Crippen LogP contribution in [0, 0.1) is 20.8 Å². The molecule has 2 atom stereocenters. The van der Waals surface area contributed by atoms with E-state index in [0.717, 1.165) is 36.3 Å². The molecule has 0 aromatic heterocycles. The van der Waals surface area contributed by atoms with Crippen molar-refractivity contribution in [2.45, 2.75) is 52.6 Å². The number of aryl methyl sites for hydroxylation is 3. The van der Waals surface area contributed by atoms with E-state index < -0.39 is 0 Å². The quantitative estimate of drug-likeness (QED) is 0.894. The maximum atomic E-state index is 12.0. The largest absolute Gasteiger partial charge is 0.483 e. The Kier molecular flexibility index (Phi) is 7.17. The van der Waals surface area contributed by atoms with Gasteiger partial charge < -0.3 is 15.4 Å². The van der Waals surface area contributed by atoms with Gasteiger partial charge in [0.25, 0.3) is 5.91 Å². The van der Waals surface area contributed by atoms with Gasteiger partial charge in [-0.1, -0.05) is 17.7 Å². The summed E-state index contributed by atoms with van der Waals surface area (Å²) in [7, 11) is 0. The molecule has 1 heterocycles. The van der Waals surface area contributed by atoms with Crippen molar-refractivity contribution in [1.29, 1.82) is 0 Å². The predicted molar refractivity (Wildman–Crippen MR) is 92.0 cm³/mol. The number of ether oxygens (including phenoxy) is 1. The minimum atomic E-state index is -0.0338. The van der Waals surface area contributed by atoms with Gasteiger partial charge in [-0.15, -0.1) is 12.4 Å². The highest BCUT2D eigenvalue weighted by Gasteiger charge is 2.20. The number of halogens is 1. The summed E-state index contributed by atoms with van der Waals surface area (Å²) in [4.78, 5) is 12.0. The number of carbonyl (C=O) groups excluding carboxylic acids is 1. The van der Waals surface area contributed by atoms with E-state index in [4.69, 9.17) is 4.74 Å². The lowest BCUT2D eigenvalue weighted by atomic mass is 10.0. The highest BCUT2D eigenvalue weighted by Crippen LogP contribution is 2.24. The predicted octanol–water partition coefficient (Wildman–Crippen LogP) is 2.67. The Bertz CT molecular complexity index is 496. The van der Waals surface area contributed by atoms with E-state index in [-0.39, 0.29) is 31.0 Å². The smallest absolute Gasteiger partial charge is 0.258 e. The molecule has 1 aromatic rings. The van der Waals surface area contributed by atoms with Crippen molar-refractivity contribution in [2.24, 2.45) is 0 Å². The van der Waals surface area contributed by atoms with Crippen molar-refractivity contribution >= 4 is 18.3 Å². The van der Waals surface area contributed by atoms with E-state index in [2.05, 4.69) is 36.6 Å². The average molecular weight is 327 g/mol. The first-order chi connectivity index (χ1) is 9.95. The van der Waals surface area contributed by atoms with Gasteiger partial charge in [0.15, 0.2) is 6.61 Å². The lowest BCUT2D eigenvalue weighted by Gasteiger charge is -2.28. The summed E-state index contributed by atoms with van der Waals surface area (Å²) >= 11 is 0. The molecule has 1 aliphatic heterocycles. The highest BCUT2D eigenvalue weighted by atomic mass is 35.5. The summed E-state index contributed by atoms with van der Waals surface area (Å²) < 4.78 is 5.73. The van der Waals surface area contributed by atoms with Crippen LogP contribution in [0.4, 0.5) is 0 Å². The maximum absolute atomic E-state index is 12.0. The minimum Gasteiger partial charge on any atom is -0.483 e. The van der Waals surface area contributed by atoms with Crippen LogP contribution >= 0.6 is 12.4 Å². The van der Waals surface area contributed by atoms with Gasteiger partial charge in [-0.3, -0.25) is 4.79 Å². The van der Waals surface area contributed by atoms with Crippen LogP contribution < -0.4 is 15.4 Å². The zero-order chi connectivity index (χ0) is 15.4. The summed E-state index contributed by atoms with van der Waals surface area (Å²) in [6.45, 7) is 9.29. The van der Waals surface area contributed by atoms with Gasteiger partial charge in [0.05, 0.1) is 0 Å². The summed E-state index contributed by atoms with van der Waals surface area (Å²) in [5, 5.41) is 6.45. The molecule has 1 aromatic carbocycles. The van der Waals surface area contributed by atoms with Crippen LogP contribution in [0.15, 0.2) is 12.1 Å². The standard InChI is InChI=1S/C17H26N2O2.ClH/c1-11-7-12(2)17(13(3)8-11)21-10-16(20)19-15-5-6-18-14(4)9-15;/h7-8,14-15,18H,5-6,9-10H2,1-4H3,(H,19,20);1H. The first-order valence-electron chi connectivity index (χ1n) is 7.69. The molecule has 2 unspecified atom stereocenters. The van der Waals surface area contributed by atoms with E-state index in [1.807, 2.05) is 13.8 Å². The van der Waals surface area contributed by atoms with Crippen LogP contribution in [0.25, 0.3) is 0 Å². The number of carbonyl (C=O) groups is 1. The third-order valence-corrected chi connectivity index (χ3v) is 3.94. The molecule has 1 saturated heterocycles. The monoisotopic (exact) mass is 326 g/mol.